The first-order valence-electron chi connectivity index (χ1n) is 4.61. The normalized spacial score (nSPS) is 11.2. The molecule has 3 N–H and O–H groups in total. The Kier molecular flexibility index (Phi) is 6.42. The first kappa shape index (κ1) is 15.8. The van der Waals surface area contributed by atoms with E-state index in [1.807, 2.05) is 0 Å². The minimum absolute atomic E-state index is 0. The fourth-order valence-electron chi connectivity index (χ4n) is 1.14. The highest BCUT2D eigenvalue weighted by atomic mass is 35.5. The average Bonchev–Trinajstić information content (AvgIpc) is 2.46. The van der Waals surface area contributed by atoms with E-state index in [1.165, 1.54) is 11.3 Å². The molecule has 0 amide bonds. The average molecular weight is 286 g/mol. The molecule has 0 aromatic carbocycles. The zero-order chi connectivity index (χ0) is 11.5. The Hall–Kier alpha value is -0.210. The van der Waals surface area contributed by atoms with Gasteiger partial charge in [0.15, 0.2) is 4.21 Å². The number of nitrogens with two attached hydrogens (primary N) is 1. The van der Waals surface area contributed by atoms with Crippen molar-refractivity contribution in [3.05, 3.63) is 10.7 Å². The Morgan fingerprint density at radius 3 is 2.50 bits per heavy atom. The van der Waals surface area contributed by atoms with E-state index >= 15 is 0 Å². The minimum atomic E-state index is -3.39. The van der Waals surface area contributed by atoms with E-state index in [2.05, 4.69) is 9.71 Å². The van der Waals surface area contributed by atoms with Gasteiger partial charge in [0.25, 0.3) is 10.0 Å². The topological polar surface area (TPSA) is 85.1 Å². The molecule has 94 valence electrons. The maximum atomic E-state index is 11.8. The van der Waals surface area contributed by atoms with Gasteiger partial charge in [-0.15, -0.1) is 23.7 Å². The van der Waals surface area contributed by atoms with Crippen LogP contribution in [0.2, 0.25) is 0 Å². The Morgan fingerprint density at radius 2 is 2.06 bits per heavy atom. The molecule has 8 heteroatoms. The summed E-state index contributed by atoms with van der Waals surface area (Å²) in [6, 6.07) is 0. The predicted octanol–water partition coefficient (Wildman–Crippen LogP) is 0.809. The zero-order valence-corrected chi connectivity index (χ0v) is 11.6. The van der Waals surface area contributed by atoms with Gasteiger partial charge in [-0.1, -0.05) is 0 Å². The molecular formula is C8H16ClN3O2S2. The van der Waals surface area contributed by atoms with Gasteiger partial charge in [-0.05, 0) is 26.8 Å². The number of hydrogen-bond donors (Lipinski definition) is 2. The first-order chi connectivity index (χ1) is 6.97. The number of aryl methyl sites for hydroxylation is 2. The fourth-order valence-corrected chi connectivity index (χ4v) is 3.74. The lowest BCUT2D eigenvalue weighted by molar-refractivity contribution is 0.581. The van der Waals surface area contributed by atoms with Gasteiger partial charge >= 0.3 is 0 Å². The van der Waals surface area contributed by atoms with Gasteiger partial charge in [0.1, 0.15) is 0 Å². The van der Waals surface area contributed by atoms with Crippen molar-refractivity contribution >= 4 is 33.8 Å². The Bertz CT molecular complexity index is 430. The second kappa shape index (κ2) is 6.51. The Balaban J connectivity index is 0.00000225. The summed E-state index contributed by atoms with van der Waals surface area (Å²) < 4.78 is 26.3. The molecule has 0 aliphatic rings. The maximum Gasteiger partial charge on any atom is 0.251 e. The third-order valence-corrected chi connectivity index (χ3v) is 4.92. The fraction of sp³-hybridized carbons (Fsp3) is 0.625. The van der Waals surface area contributed by atoms with Crippen LogP contribution in [0.4, 0.5) is 0 Å². The van der Waals surface area contributed by atoms with E-state index in [1.54, 1.807) is 13.8 Å². The molecule has 0 saturated heterocycles. The second-order valence-corrected chi connectivity index (χ2v) is 6.31. The lowest BCUT2D eigenvalue weighted by atomic mass is 10.4. The molecule has 0 atom stereocenters. The van der Waals surface area contributed by atoms with Crippen LogP contribution in [0.1, 0.15) is 17.1 Å². The molecule has 5 nitrogen and oxygen atoms in total. The number of thiazole rings is 1. The van der Waals surface area contributed by atoms with Crippen molar-refractivity contribution in [1.29, 1.82) is 0 Å². The molecule has 1 aromatic rings. The highest BCUT2D eigenvalue weighted by Crippen LogP contribution is 2.22. The number of nitrogens with one attached hydrogen (secondary N) is 1. The van der Waals surface area contributed by atoms with Crippen LogP contribution in [0.3, 0.4) is 0 Å². The van der Waals surface area contributed by atoms with Crippen LogP contribution >= 0.6 is 23.7 Å². The van der Waals surface area contributed by atoms with Crippen molar-refractivity contribution in [3.63, 3.8) is 0 Å². The lowest BCUT2D eigenvalue weighted by Gasteiger charge is -2.03. The molecule has 0 aliphatic carbocycles. The van der Waals surface area contributed by atoms with Crippen LogP contribution in [-0.2, 0) is 10.0 Å². The Morgan fingerprint density at radius 1 is 1.44 bits per heavy atom. The molecule has 0 bridgehead atoms. The van der Waals surface area contributed by atoms with E-state index in [-0.39, 0.29) is 12.4 Å². The summed E-state index contributed by atoms with van der Waals surface area (Å²) in [5.74, 6) is 0. The minimum Gasteiger partial charge on any atom is -0.330 e. The molecule has 1 aromatic heterocycles. The van der Waals surface area contributed by atoms with E-state index in [0.29, 0.717) is 29.4 Å². The third-order valence-electron chi connectivity index (χ3n) is 1.78. The summed E-state index contributed by atoms with van der Waals surface area (Å²) in [7, 11) is -3.39. The van der Waals surface area contributed by atoms with Crippen LogP contribution in [0.25, 0.3) is 0 Å². The summed E-state index contributed by atoms with van der Waals surface area (Å²) in [6.45, 7) is 4.33. The summed E-state index contributed by atoms with van der Waals surface area (Å²) in [6.07, 6.45) is 0.635. The van der Waals surface area contributed by atoms with Crippen LogP contribution in [-0.4, -0.2) is 26.5 Å². The summed E-state index contributed by atoms with van der Waals surface area (Å²) >= 11 is 1.19. The van der Waals surface area contributed by atoms with Gasteiger partial charge in [-0.25, -0.2) is 18.1 Å². The molecule has 0 spiro atoms. The molecule has 0 fully saturated rings. The molecule has 0 aliphatic heterocycles. The summed E-state index contributed by atoms with van der Waals surface area (Å²) in [4.78, 5) is 4.08. The highest BCUT2D eigenvalue weighted by Gasteiger charge is 2.19. The first-order valence-corrected chi connectivity index (χ1v) is 6.91. The number of hydrogen-bond acceptors (Lipinski definition) is 5. The number of sulfonamides is 1. The molecule has 1 heterocycles. The van der Waals surface area contributed by atoms with E-state index in [4.69, 9.17) is 5.73 Å². The standard InChI is InChI=1S/C8H15N3O2S2.ClH/c1-6-8(14-7(2)11-6)15(12,13)10-5-3-4-9;/h10H,3-5,9H2,1-2H3;1H. The van der Waals surface area contributed by atoms with Crippen molar-refractivity contribution in [2.75, 3.05) is 13.1 Å². The van der Waals surface area contributed by atoms with Gasteiger partial charge < -0.3 is 5.73 Å². The highest BCUT2D eigenvalue weighted by molar-refractivity contribution is 7.91. The zero-order valence-electron chi connectivity index (χ0n) is 9.19. The van der Waals surface area contributed by atoms with Crippen LogP contribution in [0.15, 0.2) is 4.21 Å². The van der Waals surface area contributed by atoms with Gasteiger partial charge in [0.2, 0.25) is 0 Å². The molecule has 16 heavy (non-hydrogen) atoms. The summed E-state index contributed by atoms with van der Waals surface area (Å²) in [5.41, 5.74) is 5.84. The third kappa shape index (κ3) is 3.99. The maximum absolute atomic E-state index is 11.8. The van der Waals surface area contributed by atoms with Crippen molar-refractivity contribution in [3.8, 4) is 0 Å². The lowest BCUT2D eigenvalue weighted by Crippen LogP contribution is -2.26. The van der Waals surface area contributed by atoms with E-state index < -0.39 is 10.0 Å². The van der Waals surface area contributed by atoms with Crippen molar-refractivity contribution in [2.24, 2.45) is 5.73 Å². The van der Waals surface area contributed by atoms with Crippen molar-refractivity contribution < 1.29 is 8.42 Å². The number of halogens is 1. The van der Waals surface area contributed by atoms with Gasteiger partial charge in [-0.3, -0.25) is 0 Å². The smallest absolute Gasteiger partial charge is 0.251 e. The number of rotatable bonds is 5. The quantitative estimate of drug-likeness (QED) is 0.784. The van der Waals surface area contributed by atoms with Crippen LogP contribution in [0.5, 0.6) is 0 Å². The van der Waals surface area contributed by atoms with E-state index in [9.17, 15) is 8.42 Å². The van der Waals surface area contributed by atoms with Gasteiger partial charge in [0.05, 0.1) is 10.7 Å². The van der Waals surface area contributed by atoms with Crippen molar-refractivity contribution in [2.45, 2.75) is 24.5 Å². The monoisotopic (exact) mass is 285 g/mol. The predicted molar refractivity (Wildman–Crippen MR) is 67.7 cm³/mol. The second-order valence-electron chi connectivity index (χ2n) is 3.15. The van der Waals surface area contributed by atoms with Crippen LogP contribution in [0, 0.1) is 13.8 Å². The number of aromatic nitrogens is 1. The van der Waals surface area contributed by atoms with Gasteiger partial charge in [-0.2, -0.15) is 0 Å². The number of nitrogens with zero attached hydrogens (tertiary/aromatic N) is 1. The van der Waals surface area contributed by atoms with E-state index in [0.717, 1.165) is 5.01 Å². The Labute approximate surface area is 106 Å². The molecule has 0 unspecified atom stereocenters. The molecule has 0 saturated carbocycles. The molecule has 0 radical (unpaired) electrons. The summed E-state index contributed by atoms with van der Waals surface area (Å²) in [5, 5.41) is 0.756. The molecular weight excluding hydrogens is 270 g/mol. The van der Waals surface area contributed by atoms with Crippen LogP contribution < -0.4 is 10.5 Å². The van der Waals surface area contributed by atoms with Crippen molar-refractivity contribution in [1.82, 2.24) is 9.71 Å². The molecule has 1 rings (SSSR count). The largest absolute Gasteiger partial charge is 0.330 e. The SMILES string of the molecule is Cc1nc(C)c(S(=O)(=O)NCCCN)s1.Cl. The van der Waals surface area contributed by atoms with Gasteiger partial charge in [0, 0.05) is 6.54 Å².